The summed E-state index contributed by atoms with van der Waals surface area (Å²) >= 11 is 1.42. The van der Waals surface area contributed by atoms with Crippen molar-refractivity contribution in [2.24, 2.45) is 5.41 Å². The van der Waals surface area contributed by atoms with Gasteiger partial charge in [-0.15, -0.1) is 11.3 Å². The zero-order chi connectivity index (χ0) is 37.1. The van der Waals surface area contributed by atoms with Crippen molar-refractivity contribution in [1.82, 2.24) is 25.4 Å². The number of hydrogen-bond acceptors (Lipinski definition) is 9. The predicted octanol–water partition coefficient (Wildman–Crippen LogP) is 5.51. The van der Waals surface area contributed by atoms with Crippen LogP contribution < -0.4 is 10.6 Å². The van der Waals surface area contributed by atoms with Crippen LogP contribution in [0.5, 0.6) is 0 Å². The van der Waals surface area contributed by atoms with E-state index in [1.807, 2.05) is 56.5 Å². The number of carbonyl (C=O) groups is 4. The SMILES string of the molecule is CC(NCC(=O)OC(C)(C)C)C(=O)NC(C(=O)N1CCC2C1C(c1csc(-c3ccc(F)cc3)n1)CN2C(=O)OCc1ccccc1)C(C)(C)C. The molecule has 2 N–H and O–H groups in total. The second-order valence-corrected chi connectivity index (χ2v) is 16.1. The number of rotatable bonds is 10. The smallest absolute Gasteiger partial charge is 0.410 e. The average molecular weight is 722 g/mol. The number of nitrogens with zero attached hydrogens (tertiary/aromatic N) is 3. The molecular formula is C38H48FN5O6S. The summed E-state index contributed by atoms with van der Waals surface area (Å²) in [7, 11) is 0. The quantitative estimate of drug-likeness (QED) is 0.263. The van der Waals surface area contributed by atoms with Gasteiger partial charge in [-0.2, -0.15) is 0 Å². The number of amides is 3. The summed E-state index contributed by atoms with van der Waals surface area (Å²) in [6, 6.07) is 13.1. The molecule has 3 heterocycles. The van der Waals surface area contributed by atoms with Gasteiger partial charge >= 0.3 is 12.1 Å². The van der Waals surface area contributed by atoms with Crippen molar-refractivity contribution in [1.29, 1.82) is 0 Å². The van der Waals surface area contributed by atoms with Crippen molar-refractivity contribution in [2.75, 3.05) is 19.6 Å². The first-order valence-corrected chi connectivity index (χ1v) is 18.1. The van der Waals surface area contributed by atoms with Crippen LogP contribution in [0.3, 0.4) is 0 Å². The van der Waals surface area contributed by atoms with E-state index in [0.29, 0.717) is 18.0 Å². The summed E-state index contributed by atoms with van der Waals surface area (Å²) in [5.41, 5.74) is 1.03. The fourth-order valence-corrected chi connectivity index (χ4v) is 7.48. The highest BCUT2D eigenvalue weighted by Gasteiger charge is 2.55. The molecule has 2 aromatic carbocycles. The van der Waals surface area contributed by atoms with Crippen LogP contribution >= 0.6 is 11.3 Å². The average Bonchev–Trinajstić information content (AvgIpc) is 3.81. The zero-order valence-electron chi connectivity index (χ0n) is 30.3. The number of fused-ring (bicyclic) bond motifs is 1. The van der Waals surface area contributed by atoms with Crippen LogP contribution in [0.1, 0.15) is 72.1 Å². The van der Waals surface area contributed by atoms with E-state index in [1.165, 1.54) is 23.5 Å². The van der Waals surface area contributed by atoms with Gasteiger partial charge in [-0.25, -0.2) is 14.2 Å². The van der Waals surface area contributed by atoms with E-state index in [0.717, 1.165) is 16.8 Å². The van der Waals surface area contributed by atoms with Crippen LogP contribution in [0, 0.1) is 11.2 Å². The number of aromatic nitrogens is 1. The van der Waals surface area contributed by atoms with E-state index in [-0.39, 0.29) is 43.4 Å². The molecule has 0 spiro atoms. The first kappa shape index (κ1) is 37.9. The summed E-state index contributed by atoms with van der Waals surface area (Å²) in [5.74, 6) is -1.85. The Morgan fingerprint density at radius 1 is 1.00 bits per heavy atom. The fraction of sp³-hybridized carbons (Fsp3) is 0.500. The second kappa shape index (κ2) is 15.5. The number of esters is 1. The maximum atomic E-state index is 14.6. The molecule has 5 atom stereocenters. The molecule has 0 radical (unpaired) electrons. The van der Waals surface area contributed by atoms with Crippen molar-refractivity contribution in [3.8, 4) is 10.6 Å². The van der Waals surface area contributed by atoms with E-state index in [4.69, 9.17) is 14.5 Å². The largest absolute Gasteiger partial charge is 0.459 e. The molecule has 274 valence electrons. The highest BCUT2D eigenvalue weighted by molar-refractivity contribution is 7.13. The Bertz CT molecular complexity index is 1700. The lowest BCUT2D eigenvalue weighted by Crippen LogP contribution is -2.59. The maximum absolute atomic E-state index is 14.6. The van der Waals surface area contributed by atoms with Gasteiger partial charge in [0.1, 0.15) is 29.1 Å². The van der Waals surface area contributed by atoms with Gasteiger partial charge in [-0.3, -0.25) is 19.7 Å². The van der Waals surface area contributed by atoms with Gasteiger partial charge < -0.3 is 24.6 Å². The molecule has 2 saturated heterocycles. The topological polar surface area (TPSA) is 130 Å². The lowest BCUT2D eigenvalue weighted by Gasteiger charge is -2.37. The van der Waals surface area contributed by atoms with Crippen molar-refractivity contribution < 1.29 is 33.0 Å². The molecule has 1 aromatic heterocycles. The summed E-state index contributed by atoms with van der Waals surface area (Å²) < 4.78 is 24.8. The van der Waals surface area contributed by atoms with Gasteiger partial charge in [0.15, 0.2) is 0 Å². The Balaban J connectivity index is 1.37. The Morgan fingerprint density at radius 2 is 1.69 bits per heavy atom. The third-order valence-corrected chi connectivity index (χ3v) is 10.0. The number of nitrogens with one attached hydrogen (secondary N) is 2. The highest BCUT2D eigenvalue weighted by atomic mass is 32.1. The predicted molar refractivity (Wildman–Crippen MR) is 192 cm³/mol. The summed E-state index contributed by atoms with van der Waals surface area (Å²) in [6.45, 7) is 13.2. The molecule has 0 aliphatic carbocycles. The van der Waals surface area contributed by atoms with E-state index < -0.39 is 47.1 Å². The molecule has 2 fully saturated rings. The van der Waals surface area contributed by atoms with Crippen LogP contribution in [0.2, 0.25) is 0 Å². The first-order chi connectivity index (χ1) is 24.0. The lowest BCUT2D eigenvalue weighted by atomic mass is 9.85. The van der Waals surface area contributed by atoms with E-state index in [2.05, 4.69) is 10.6 Å². The van der Waals surface area contributed by atoms with Crippen LogP contribution in [0.4, 0.5) is 9.18 Å². The highest BCUT2D eigenvalue weighted by Crippen LogP contribution is 2.43. The molecule has 0 bridgehead atoms. The van der Waals surface area contributed by atoms with Crippen LogP contribution in [-0.2, 0) is 30.5 Å². The number of likely N-dealkylation sites (tertiary alicyclic amines) is 2. The number of halogens is 1. The zero-order valence-corrected chi connectivity index (χ0v) is 31.1. The number of ether oxygens (including phenoxy) is 2. The molecule has 5 unspecified atom stereocenters. The Kier molecular flexibility index (Phi) is 11.5. The molecule has 3 aromatic rings. The fourth-order valence-electron chi connectivity index (χ4n) is 6.59. The van der Waals surface area contributed by atoms with Crippen molar-refractivity contribution in [3.05, 3.63) is 77.1 Å². The van der Waals surface area contributed by atoms with E-state index in [9.17, 15) is 23.6 Å². The Morgan fingerprint density at radius 3 is 2.33 bits per heavy atom. The summed E-state index contributed by atoms with van der Waals surface area (Å²) in [5, 5.41) is 8.48. The third kappa shape index (κ3) is 9.31. The van der Waals surface area contributed by atoms with Crippen LogP contribution in [-0.4, -0.2) is 88.1 Å². The number of hydrogen-bond donors (Lipinski definition) is 2. The molecule has 2 aliphatic heterocycles. The van der Waals surface area contributed by atoms with Crippen LogP contribution in [0.15, 0.2) is 60.0 Å². The number of thiazole rings is 1. The van der Waals surface area contributed by atoms with Gasteiger partial charge in [0.2, 0.25) is 11.8 Å². The molecule has 0 saturated carbocycles. The minimum absolute atomic E-state index is 0.116. The van der Waals surface area contributed by atoms with Crippen molar-refractivity contribution >= 4 is 35.2 Å². The lowest BCUT2D eigenvalue weighted by molar-refractivity contribution is -0.153. The molecule has 11 nitrogen and oxygen atoms in total. The van der Waals surface area contributed by atoms with E-state index in [1.54, 1.807) is 49.6 Å². The standard InChI is InChI=1S/C38H48FN5O6S/c1-23(40-19-30(45)50-38(5,6)7)33(46)42-32(37(2,3)4)35(47)43-18-17-29-31(43)27(20-44(29)36(48)49-21-24-11-9-8-10-12-24)28-22-51-34(41-28)25-13-15-26(39)16-14-25/h8-16,22-23,27,29,31-32,40H,17-21H2,1-7H3,(H,42,46). The number of benzene rings is 2. The van der Waals surface area contributed by atoms with Gasteiger partial charge in [0.05, 0.1) is 30.4 Å². The van der Waals surface area contributed by atoms with Gasteiger partial charge in [-0.1, -0.05) is 51.1 Å². The van der Waals surface area contributed by atoms with Gasteiger partial charge in [0, 0.05) is 30.0 Å². The summed E-state index contributed by atoms with van der Waals surface area (Å²) in [6.07, 6.45) is 0.0613. The minimum Gasteiger partial charge on any atom is -0.459 e. The molecular weight excluding hydrogens is 674 g/mol. The van der Waals surface area contributed by atoms with Gasteiger partial charge in [-0.05, 0) is 69.4 Å². The normalized spacial score (nSPS) is 20.0. The number of carbonyl (C=O) groups excluding carboxylic acids is 4. The Labute approximate surface area is 302 Å². The van der Waals surface area contributed by atoms with Crippen LogP contribution in [0.25, 0.3) is 10.6 Å². The molecule has 3 amide bonds. The van der Waals surface area contributed by atoms with E-state index >= 15 is 0 Å². The first-order valence-electron chi connectivity index (χ1n) is 17.3. The maximum Gasteiger partial charge on any atom is 0.410 e. The second-order valence-electron chi connectivity index (χ2n) is 15.3. The monoisotopic (exact) mass is 721 g/mol. The molecule has 2 aliphatic rings. The molecule has 51 heavy (non-hydrogen) atoms. The van der Waals surface area contributed by atoms with Gasteiger partial charge in [0.25, 0.3) is 0 Å². The third-order valence-electron chi connectivity index (χ3n) is 9.11. The molecule has 5 rings (SSSR count). The molecule has 13 heteroatoms. The minimum atomic E-state index is -0.903. The van der Waals surface area contributed by atoms with Crippen molar-refractivity contribution in [3.63, 3.8) is 0 Å². The van der Waals surface area contributed by atoms with Crippen molar-refractivity contribution in [2.45, 2.75) is 97.2 Å². The Hall–Kier alpha value is -4.36. The summed E-state index contributed by atoms with van der Waals surface area (Å²) in [4.78, 5) is 62.3.